The third-order valence-corrected chi connectivity index (χ3v) is 4.30. The zero-order chi connectivity index (χ0) is 16.5. The number of hydrogen-bond donors (Lipinski definition) is 1. The summed E-state index contributed by atoms with van der Waals surface area (Å²) in [7, 11) is 0. The number of H-pyrrole nitrogens is 1. The first-order valence-electron chi connectivity index (χ1n) is 7.68. The highest BCUT2D eigenvalue weighted by molar-refractivity contribution is 6.31. The lowest BCUT2D eigenvalue weighted by molar-refractivity contribution is 0.482. The van der Waals surface area contributed by atoms with Gasteiger partial charge in [-0.25, -0.2) is 4.98 Å². The number of para-hydroxylation sites is 2. The molecule has 0 radical (unpaired) electrons. The van der Waals surface area contributed by atoms with Crippen molar-refractivity contribution in [1.29, 1.82) is 0 Å². The Morgan fingerprint density at radius 1 is 0.917 bits per heavy atom. The molecule has 1 aromatic heterocycles. The van der Waals surface area contributed by atoms with Gasteiger partial charge < -0.3 is 9.72 Å². The third kappa shape index (κ3) is 2.86. The van der Waals surface area contributed by atoms with Crippen LogP contribution >= 0.6 is 11.6 Å². The standard InChI is InChI=1S/C20H15ClN2O/c1-13-6-9-16(12-17(13)21)24-15-10-7-14(8-11-15)20-22-18-4-2-3-5-19(18)23-20/h2-12H,1H3,(H,22,23). The maximum Gasteiger partial charge on any atom is 0.138 e. The van der Waals surface area contributed by atoms with Crippen molar-refractivity contribution in [3.8, 4) is 22.9 Å². The molecule has 0 aliphatic carbocycles. The van der Waals surface area contributed by atoms with E-state index in [1.54, 1.807) is 0 Å². The van der Waals surface area contributed by atoms with Gasteiger partial charge in [-0.1, -0.05) is 29.8 Å². The van der Waals surface area contributed by atoms with Crippen LogP contribution in [0.3, 0.4) is 0 Å². The molecular weight excluding hydrogens is 320 g/mol. The lowest BCUT2D eigenvalue weighted by Crippen LogP contribution is -1.86. The number of aryl methyl sites for hydroxylation is 1. The van der Waals surface area contributed by atoms with Crippen LogP contribution in [-0.2, 0) is 0 Å². The summed E-state index contributed by atoms with van der Waals surface area (Å²) in [6.07, 6.45) is 0. The number of aromatic nitrogens is 2. The van der Waals surface area contributed by atoms with Crippen LogP contribution in [0.1, 0.15) is 5.56 Å². The van der Waals surface area contributed by atoms with Gasteiger partial charge in [0.05, 0.1) is 11.0 Å². The predicted octanol–water partition coefficient (Wildman–Crippen LogP) is 5.98. The highest BCUT2D eigenvalue weighted by Crippen LogP contribution is 2.28. The molecule has 0 bridgehead atoms. The molecule has 0 atom stereocenters. The van der Waals surface area contributed by atoms with Gasteiger partial charge >= 0.3 is 0 Å². The predicted molar refractivity (Wildman–Crippen MR) is 97.8 cm³/mol. The van der Waals surface area contributed by atoms with E-state index in [9.17, 15) is 0 Å². The molecule has 0 saturated carbocycles. The van der Waals surface area contributed by atoms with E-state index in [2.05, 4.69) is 9.97 Å². The SMILES string of the molecule is Cc1ccc(Oc2ccc(-c3nc4ccccc4[nH]3)cc2)cc1Cl. The number of imidazole rings is 1. The molecule has 0 amide bonds. The first kappa shape index (κ1) is 14.8. The summed E-state index contributed by atoms with van der Waals surface area (Å²) in [5.74, 6) is 2.33. The summed E-state index contributed by atoms with van der Waals surface area (Å²) in [5, 5.41) is 0.700. The van der Waals surface area contributed by atoms with Gasteiger partial charge in [-0.2, -0.15) is 0 Å². The Labute approximate surface area is 144 Å². The lowest BCUT2D eigenvalue weighted by atomic mass is 10.2. The molecule has 24 heavy (non-hydrogen) atoms. The van der Waals surface area contributed by atoms with Crippen molar-refractivity contribution in [3.05, 3.63) is 77.3 Å². The Kier molecular flexibility index (Phi) is 3.71. The number of aromatic amines is 1. The minimum Gasteiger partial charge on any atom is -0.457 e. The van der Waals surface area contributed by atoms with Crippen LogP contribution in [0.5, 0.6) is 11.5 Å². The number of nitrogens with one attached hydrogen (secondary N) is 1. The van der Waals surface area contributed by atoms with Gasteiger partial charge in [0, 0.05) is 10.6 Å². The molecule has 3 nitrogen and oxygen atoms in total. The van der Waals surface area contributed by atoms with Gasteiger partial charge in [-0.05, 0) is 61.0 Å². The smallest absolute Gasteiger partial charge is 0.138 e. The summed E-state index contributed by atoms with van der Waals surface area (Å²) in [6, 6.07) is 21.5. The van der Waals surface area contributed by atoms with E-state index in [-0.39, 0.29) is 0 Å². The Morgan fingerprint density at radius 2 is 1.67 bits per heavy atom. The molecule has 1 heterocycles. The summed E-state index contributed by atoms with van der Waals surface area (Å²) >= 11 is 6.13. The number of halogens is 1. The Balaban J connectivity index is 1.58. The number of hydrogen-bond acceptors (Lipinski definition) is 2. The fourth-order valence-corrected chi connectivity index (χ4v) is 2.71. The number of fused-ring (bicyclic) bond motifs is 1. The number of ether oxygens (including phenoxy) is 1. The molecule has 0 aliphatic heterocycles. The summed E-state index contributed by atoms with van der Waals surface area (Å²) in [5.41, 5.74) is 4.04. The van der Waals surface area contributed by atoms with Crippen molar-refractivity contribution < 1.29 is 4.74 Å². The molecule has 4 heteroatoms. The summed E-state index contributed by atoms with van der Waals surface area (Å²) in [4.78, 5) is 7.93. The zero-order valence-corrected chi connectivity index (χ0v) is 13.8. The molecule has 4 rings (SSSR count). The largest absolute Gasteiger partial charge is 0.457 e. The van der Waals surface area contributed by atoms with Gasteiger partial charge in [-0.15, -0.1) is 0 Å². The fourth-order valence-electron chi connectivity index (χ4n) is 2.54. The second kappa shape index (κ2) is 6.02. The van der Waals surface area contributed by atoms with Crippen LogP contribution in [0, 0.1) is 6.92 Å². The van der Waals surface area contributed by atoms with Crippen LogP contribution in [0.25, 0.3) is 22.4 Å². The first-order chi connectivity index (χ1) is 11.7. The molecule has 0 aliphatic rings. The van der Waals surface area contributed by atoms with Gasteiger partial charge in [0.2, 0.25) is 0 Å². The Hall–Kier alpha value is -2.78. The van der Waals surface area contributed by atoms with Gasteiger partial charge in [0.25, 0.3) is 0 Å². The second-order valence-corrected chi connectivity index (χ2v) is 6.05. The molecule has 3 aromatic carbocycles. The average Bonchev–Trinajstić information content (AvgIpc) is 3.03. The minimum atomic E-state index is 0.700. The van der Waals surface area contributed by atoms with Crippen molar-refractivity contribution in [2.24, 2.45) is 0 Å². The quantitative estimate of drug-likeness (QED) is 0.500. The molecule has 118 valence electrons. The van der Waals surface area contributed by atoms with E-state index in [1.807, 2.05) is 73.7 Å². The Bertz CT molecular complexity index is 973. The third-order valence-electron chi connectivity index (χ3n) is 3.90. The van der Waals surface area contributed by atoms with Crippen LogP contribution in [0.2, 0.25) is 5.02 Å². The average molecular weight is 335 g/mol. The second-order valence-electron chi connectivity index (χ2n) is 5.64. The summed E-state index contributed by atoms with van der Waals surface area (Å²) in [6.45, 7) is 1.97. The van der Waals surface area contributed by atoms with E-state index >= 15 is 0 Å². The first-order valence-corrected chi connectivity index (χ1v) is 8.06. The Morgan fingerprint density at radius 3 is 2.42 bits per heavy atom. The van der Waals surface area contributed by atoms with Crippen LogP contribution < -0.4 is 4.74 Å². The highest BCUT2D eigenvalue weighted by Gasteiger charge is 2.06. The molecular formula is C20H15ClN2O. The maximum atomic E-state index is 6.13. The molecule has 0 fully saturated rings. The fraction of sp³-hybridized carbons (Fsp3) is 0.0500. The van der Waals surface area contributed by atoms with Gasteiger partial charge in [0.1, 0.15) is 17.3 Å². The van der Waals surface area contributed by atoms with Crippen LogP contribution in [0.4, 0.5) is 0 Å². The van der Waals surface area contributed by atoms with Crippen molar-refractivity contribution >= 4 is 22.6 Å². The highest BCUT2D eigenvalue weighted by atomic mass is 35.5. The maximum absolute atomic E-state index is 6.13. The topological polar surface area (TPSA) is 37.9 Å². The molecule has 4 aromatic rings. The number of rotatable bonds is 3. The molecule has 0 saturated heterocycles. The monoisotopic (exact) mass is 334 g/mol. The van der Waals surface area contributed by atoms with E-state index < -0.39 is 0 Å². The van der Waals surface area contributed by atoms with Crippen LogP contribution in [0.15, 0.2) is 66.7 Å². The molecule has 0 unspecified atom stereocenters. The summed E-state index contributed by atoms with van der Waals surface area (Å²) < 4.78 is 5.85. The minimum absolute atomic E-state index is 0.700. The zero-order valence-electron chi connectivity index (χ0n) is 13.1. The van der Waals surface area contributed by atoms with Crippen molar-refractivity contribution in [1.82, 2.24) is 9.97 Å². The van der Waals surface area contributed by atoms with Crippen molar-refractivity contribution in [2.45, 2.75) is 6.92 Å². The van der Waals surface area contributed by atoms with Crippen molar-refractivity contribution in [2.75, 3.05) is 0 Å². The van der Waals surface area contributed by atoms with E-state index in [0.29, 0.717) is 5.02 Å². The number of benzene rings is 3. The van der Waals surface area contributed by atoms with Gasteiger partial charge in [0.15, 0.2) is 0 Å². The molecule has 0 spiro atoms. The van der Waals surface area contributed by atoms with E-state index in [0.717, 1.165) is 39.5 Å². The van der Waals surface area contributed by atoms with E-state index in [4.69, 9.17) is 16.3 Å². The van der Waals surface area contributed by atoms with Crippen molar-refractivity contribution in [3.63, 3.8) is 0 Å². The lowest BCUT2D eigenvalue weighted by Gasteiger charge is -2.07. The van der Waals surface area contributed by atoms with E-state index in [1.165, 1.54) is 0 Å². The molecule has 1 N–H and O–H groups in total. The number of nitrogens with zero attached hydrogens (tertiary/aromatic N) is 1. The van der Waals surface area contributed by atoms with Crippen LogP contribution in [-0.4, -0.2) is 9.97 Å². The normalized spacial score (nSPS) is 10.9. The van der Waals surface area contributed by atoms with Gasteiger partial charge in [-0.3, -0.25) is 0 Å².